The fourth-order valence-electron chi connectivity index (χ4n) is 4.47. The molecule has 3 fully saturated rings. The highest BCUT2D eigenvalue weighted by Gasteiger charge is 2.52. The summed E-state index contributed by atoms with van der Waals surface area (Å²) in [6, 6.07) is 1.79. The van der Waals surface area contributed by atoms with E-state index in [4.69, 9.17) is 4.74 Å². The van der Waals surface area contributed by atoms with Crippen molar-refractivity contribution in [1.29, 1.82) is 0 Å². The number of hydrogen-bond acceptors (Lipinski definition) is 6. The molecule has 4 atom stereocenters. The molecule has 0 aliphatic carbocycles. The van der Waals surface area contributed by atoms with E-state index in [0.29, 0.717) is 19.4 Å². The summed E-state index contributed by atoms with van der Waals surface area (Å²) >= 11 is 1.51. The molecule has 29 heavy (non-hydrogen) atoms. The molecule has 9 nitrogen and oxygen atoms in total. The average molecular weight is 420 g/mol. The van der Waals surface area contributed by atoms with Crippen LogP contribution in [0.15, 0.2) is 17.5 Å². The zero-order valence-corrected chi connectivity index (χ0v) is 16.9. The Labute approximate surface area is 172 Å². The highest BCUT2D eigenvalue weighted by Crippen LogP contribution is 2.29. The van der Waals surface area contributed by atoms with Crippen LogP contribution in [0.1, 0.15) is 17.7 Å². The second kappa shape index (κ2) is 8.11. The number of ether oxygens (including phenoxy) is 1. The zero-order valence-electron chi connectivity index (χ0n) is 16.1. The average Bonchev–Trinajstić information content (AvgIpc) is 3.39. The lowest BCUT2D eigenvalue weighted by molar-refractivity contribution is -0.144. The van der Waals surface area contributed by atoms with Gasteiger partial charge in [-0.2, -0.15) is 0 Å². The first kappa shape index (κ1) is 19.8. The van der Waals surface area contributed by atoms with Crippen molar-refractivity contribution in [2.24, 2.45) is 0 Å². The number of thiophene rings is 1. The fourth-order valence-corrected chi connectivity index (χ4v) is 5.17. The SMILES string of the molecule is COCC(=O)N[C@H]1C[C@@H]2C(=O)N[C@H]3CCN(C(=O)Cc4cccs4)[C@@H]3C(=O)N2C1. The van der Waals surface area contributed by atoms with Crippen LogP contribution in [0.3, 0.4) is 0 Å². The van der Waals surface area contributed by atoms with E-state index in [1.165, 1.54) is 23.3 Å². The van der Waals surface area contributed by atoms with Crippen LogP contribution in [0.4, 0.5) is 0 Å². The molecule has 0 saturated carbocycles. The van der Waals surface area contributed by atoms with Crippen molar-refractivity contribution in [2.75, 3.05) is 26.8 Å². The minimum Gasteiger partial charge on any atom is -0.375 e. The van der Waals surface area contributed by atoms with Crippen molar-refractivity contribution in [3.8, 4) is 0 Å². The molecule has 0 radical (unpaired) electrons. The van der Waals surface area contributed by atoms with Crippen LogP contribution >= 0.6 is 11.3 Å². The van der Waals surface area contributed by atoms with Crippen LogP contribution in [0.2, 0.25) is 0 Å². The number of carbonyl (C=O) groups excluding carboxylic acids is 4. The first-order valence-electron chi connectivity index (χ1n) is 9.69. The molecule has 3 aliphatic heterocycles. The topological polar surface area (TPSA) is 108 Å². The second-order valence-electron chi connectivity index (χ2n) is 7.63. The lowest BCUT2D eigenvalue weighted by Crippen LogP contribution is -2.53. The maximum absolute atomic E-state index is 13.3. The smallest absolute Gasteiger partial charge is 0.248 e. The van der Waals surface area contributed by atoms with Crippen LogP contribution in [0.5, 0.6) is 0 Å². The van der Waals surface area contributed by atoms with E-state index in [1.54, 1.807) is 4.90 Å². The lowest BCUT2D eigenvalue weighted by atomic mass is 10.1. The van der Waals surface area contributed by atoms with Crippen molar-refractivity contribution in [1.82, 2.24) is 20.4 Å². The van der Waals surface area contributed by atoms with Crippen molar-refractivity contribution < 1.29 is 23.9 Å². The number of likely N-dealkylation sites (tertiary alicyclic amines) is 1. The van der Waals surface area contributed by atoms with Gasteiger partial charge in [0, 0.05) is 31.1 Å². The van der Waals surface area contributed by atoms with Crippen LogP contribution in [0, 0.1) is 0 Å². The van der Waals surface area contributed by atoms with E-state index >= 15 is 0 Å². The van der Waals surface area contributed by atoms with E-state index < -0.39 is 12.1 Å². The summed E-state index contributed by atoms with van der Waals surface area (Å²) in [7, 11) is 1.43. The number of methoxy groups -OCH3 is 1. The van der Waals surface area contributed by atoms with Crippen LogP contribution in [-0.2, 0) is 30.3 Å². The van der Waals surface area contributed by atoms with E-state index in [2.05, 4.69) is 10.6 Å². The first-order chi connectivity index (χ1) is 14.0. The Morgan fingerprint density at radius 3 is 2.93 bits per heavy atom. The summed E-state index contributed by atoms with van der Waals surface area (Å²) < 4.78 is 4.82. The van der Waals surface area contributed by atoms with Crippen molar-refractivity contribution in [2.45, 2.75) is 43.4 Å². The van der Waals surface area contributed by atoms with Gasteiger partial charge in [0.25, 0.3) is 0 Å². The van der Waals surface area contributed by atoms with Crippen molar-refractivity contribution >= 4 is 35.0 Å². The van der Waals surface area contributed by atoms with Crippen LogP contribution in [0.25, 0.3) is 0 Å². The van der Waals surface area contributed by atoms with Gasteiger partial charge in [-0.25, -0.2) is 0 Å². The number of amides is 4. The minimum atomic E-state index is -0.690. The fraction of sp³-hybridized carbons (Fsp3) is 0.579. The Bertz CT molecular complexity index is 814. The summed E-state index contributed by atoms with van der Waals surface area (Å²) in [5.41, 5.74) is 0. The van der Waals surface area contributed by atoms with E-state index in [1.807, 2.05) is 17.5 Å². The third kappa shape index (κ3) is 3.86. The largest absolute Gasteiger partial charge is 0.375 e. The van der Waals surface area contributed by atoms with E-state index in [-0.39, 0.29) is 55.3 Å². The third-order valence-electron chi connectivity index (χ3n) is 5.73. The highest BCUT2D eigenvalue weighted by atomic mass is 32.1. The van der Waals surface area contributed by atoms with Gasteiger partial charge in [-0.1, -0.05) is 6.07 Å². The standard InChI is InChI=1S/C19H24N4O5S/c1-28-10-15(24)20-11-7-14-18(26)21-13-4-5-22(17(13)19(27)23(14)9-11)16(25)8-12-3-2-6-29-12/h2-3,6,11,13-14,17H,4-5,7-10H2,1H3,(H,20,24)(H,21,26)/t11-,13-,14+,17-/m0/s1. The summed E-state index contributed by atoms with van der Waals surface area (Å²) in [5, 5.41) is 7.68. The summed E-state index contributed by atoms with van der Waals surface area (Å²) in [5.74, 6) is -0.833. The maximum Gasteiger partial charge on any atom is 0.248 e. The third-order valence-corrected chi connectivity index (χ3v) is 6.61. The molecule has 10 heteroatoms. The van der Waals surface area contributed by atoms with Gasteiger partial charge in [0.15, 0.2) is 0 Å². The Hall–Kier alpha value is -2.46. The molecule has 3 saturated heterocycles. The Morgan fingerprint density at radius 2 is 2.21 bits per heavy atom. The summed E-state index contributed by atoms with van der Waals surface area (Å²) in [4.78, 5) is 54.8. The normalized spacial score (nSPS) is 28.6. The van der Waals surface area contributed by atoms with Gasteiger partial charge in [0.1, 0.15) is 18.7 Å². The molecule has 0 bridgehead atoms. The Balaban J connectivity index is 1.49. The summed E-state index contributed by atoms with van der Waals surface area (Å²) in [6.45, 7) is 0.623. The lowest BCUT2D eigenvalue weighted by Gasteiger charge is -2.29. The number of hydrogen-bond donors (Lipinski definition) is 2. The van der Waals surface area contributed by atoms with Crippen molar-refractivity contribution in [3.05, 3.63) is 22.4 Å². The summed E-state index contributed by atoms with van der Waals surface area (Å²) in [6.07, 6.45) is 1.17. The van der Waals surface area contributed by atoms with Gasteiger partial charge in [-0.05, 0) is 24.3 Å². The van der Waals surface area contributed by atoms with Gasteiger partial charge in [-0.3, -0.25) is 19.2 Å². The number of nitrogens with one attached hydrogen (secondary N) is 2. The highest BCUT2D eigenvalue weighted by molar-refractivity contribution is 7.10. The minimum absolute atomic E-state index is 0.0724. The predicted molar refractivity (Wildman–Crippen MR) is 104 cm³/mol. The van der Waals surface area contributed by atoms with Gasteiger partial charge >= 0.3 is 0 Å². The Morgan fingerprint density at radius 1 is 1.38 bits per heavy atom. The molecular formula is C19H24N4O5S. The molecule has 4 amide bonds. The van der Waals surface area contributed by atoms with Gasteiger partial charge in [0.05, 0.1) is 12.5 Å². The molecule has 1 aromatic rings. The monoisotopic (exact) mass is 420 g/mol. The second-order valence-corrected chi connectivity index (χ2v) is 8.66. The first-order valence-corrected chi connectivity index (χ1v) is 10.6. The Kier molecular flexibility index (Phi) is 5.55. The molecule has 4 rings (SSSR count). The quantitative estimate of drug-likeness (QED) is 0.643. The zero-order chi connectivity index (χ0) is 20.5. The van der Waals surface area contributed by atoms with E-state index in [0.717, 1.165) is 4.88 Å². The van der Waals surface area contributed by atoms with Crippen LogP contribution < -0.4 is 10.6 Å². The molecular weight excluding hydrogens is 396 g/mol. The molecule has 1 aromatic heterocycles. The molecule has 3 aliphatic rings. The number of fused-ring (bicyclic) bond motifs is 2. The molecule has 2 N–H and O–H groups in total. The number of carbonyl (C=O) groups is 4. The van der Waals surface area contributed by atoms with Gasteiger partial charge < -0.3 is 25.2 Å². The molecule has 156 valence electrons. The van der Waals surface area contributed by atoms with E-state index in [9.17, 15) is 19.2 Å². The van der Waals surface area contributed by atoms with Gasteiger partial charge in [-0.15, -0.1) is 11.3 Å². The number of rotatable bonds is 5. The molecule has 0 spiro atoms. The number of nitrogens with zero attached hydrogens (tertiary/aromatic N) is 2. The van der Waals surface area contributed by atoms with Gasteiger partial charge in [0.2, 0.25) is 23.6 Å². The van der Waals surface area contributed by atoms with Crippen LogP contribution in [-0.4, -0.2) is 84.4 Å². The van der Waals surface area contributed by atoms with Crippen molar-refractivity contribution in [3.63, 3.8) is 0 Å². The molecule has 0 unspecified atom stereocenters. The maximum atomic E-state index is 13.3. The predicted octanol–water partition coefficient (Wildman–Crippen LogP) is -0.878. The molecule has 4 heterocycles. The molecule has 0 aromatic carbocycles.